The van der Waals surface area contributed by atoms with Gasteiger partial charge in [0.25, 0.3) is 0 Å². The summed E-state index contributed by atoms with van der Waals surface area (Å²) >= 11 is 0. The molecule has 0 aromatic heterocycles. The van der Waals surface area contributed by atoms with Gasteiger partial charge in [0.1, 0.15) is 0 Å². The molecule has 0 heterocycles. The van der Waals surface area contributed by atoms with Gasteiger partial charge >= 0.3 is 5.97 Å². The number of hydrogen-bond donors (Lipinski definition) is 2. The molecule has 14 heavy (non-hydrogen) atoms. The molecule has 0 rings (SSSR count). The zero-order chi connectivity index (χ0) is 11.3. The van der Waals surface area contributed by atoms with Gasteiger partial charge in [-0.1, -0.05) is 13.8 Å². The van der Waals surface area contributed by atoms with Gasteiger partial charge in [-0.3, -0.25) is 9.59 Å². The fourth-order valence-electron chi connectivity index (χ4n) is 0.891. The minimum atomic E-state index is -0.887. The molecule has 0 aliphatic carbocycles. The second-order valence-corrected chi connectivity index (χ2v) is 3.73. The van der Waals surface area contributed by atoms with Crippen LogP contribution < -0.4 is 5.32 Å². The lowest BCUT2D eigenvalue weighted by Crippen LogP contribution is -2.42. The quantitative estimate of drug-likeness (QED) is 0.703. The number of nitrogens with one attached hydrogen (secondary N) is 1. The zero-order valence-electron chi connectivity index (χ0n) is 9.20. The molecule has 0 aliphatic rings. The lowest BCUT2D eigenvalue weighted by Gasteiger charge is -2.19. The van der Waals surface area contributed by atoms with E-state index in [2.05, 4.69) is 5.32 Å². The van der Waals surface area contributed by atoms with Crippen LogP contribution in [-0.4, -0.2) is 23.0 Å². The first-order valence-electron chi connectivity index (χ1n) is 4.93. The smallest absolute Gasteiger partial charge is 0.308 e. The number of amides is 1. The SMILES string of the molecule is CCC(C)C(=O)NC(C)C(C)C(=O)O. The fourth-order valence-corrected chi connectivity index (χ4v) is 0.891. The first-order chi connectivity index (χ1) is 6.40. The van der Waals surface area contributed by atoms with Gasteiger partial charge in [-0.05, 0) is 20.3 Å². The highest BCUT2D eigenvalue weighted by Gasteiger charge is 2.22. The third kappa shape index (κ3) is 3.77. The maximum atomic E-state index is 11.4. The van der Waals surface area contributed by atoms with E-state index in [1.165, 1.54) is 0 Å². The highest BCUT2D eigenvalue weighted by atomic mass is 16.4. The maximum Gasteiger partial charge on any atom is 0.308 e. The molecular formula is C10H19NO3. The lowest BCUT2D eigenvalue weighted by atomic mass is 10.0. The van der Waals surface area contributed by atoms with Crippen LogP contribution in [0.15, 0.2) is 0 Å². The number of hydrogen-bond acceptors (Lipinski definition) is 2. The van der Waals surface area contributed by atoms with E-state index in [-0.39, 0.29) is 17.9 Å². The largest absolute Gasteiger partial charge is 0.481 e. The molecule has 0 spiro atoms. The number of carbonyl (C=O) groups is 2. The standard InChI is InChI=1S/C10H19NO3/c1-5-6(2)9(12)11-8(4)7(3)10(13)14/h6-8H,5H2,1-4H3,(H,11,12)(H,13,14). The number of aliphatic carboxylic acids is 1. The van der Waals surface area contributed by atoms with E-state index in [0.717, 1.165) is 6.42 Å². The summed E-state index contributed by atoms with van der Waals surface area (Å²) in [6.07, 6.45) is 0.764. The van der Waals surface area contributed by atoms with Gasteiger partial charge in [-0.25, -0.2) is 0 Å². The molecule has 0 aliphatic heterocycles. The van der Waals surface area contributed by atoms with Crippen LogP contribution in [0.1, 0.15) is 34.1 Å². The first-order valence-corrected chi connectivity index (χ1v) is 4.93. The molecule has 0 bridgehead atoms. The summed E-state index contributed by atoms with van der Waals surface area (Å²) in [7, 11) is 0. The van der Waals surface area contributed by atoms with Crippen LogP contribution in [0.2, 0.25) is 0 Å². The number of carbonyl (C=O) groups excluding carboxylic acids is 1. The monoisotopic (exact) mass is 201 g/mol. The highest BCUT2D eigenvalue weighted by Crippen LogP contribution is 2.05. The van der Waals surface area contributed by atoms with Crippen LogP contribution >= 0.6 is 0 Å². The fraction of sp³-hybridized carbons (Fsp3) is 0.800. The lowest BCUT2D eigenvalue weighted by molar-refractivity contribution is -0.142. The van der Waals surface area contributed by atoms with Crippen LogP contribution in [0.4, 0.5) is 0 Å². The maximum absolute atomic E-state index is 11.4. The van der Waals surface area contributed by atoms with Crippen molar-refractivity contribution >= 4 is 11.9 Å². The van der Waals surface area contributed by atoms with Gasteiger partial charge in [0.15, 0.2) is 0 Å². The molecule has 4 nitrogen and oxygen atoms in total. The van der Waals surface area contributed by atoms with Crippen molar-refractivity contribution in [1.29, 1.82) is 0 Å². The van der Waals surface area contributed by atoms with Gasteiger partial charge in [0.2, 0.25) is 5.91 Å². The van der Waals surface area contributed by atoms with E-state index in [4.69, 9.17) is 5.11 Å². The summed E-state index contributed by atoms with van der Waals surface area (Å²) in [5, 5.41) is 11.4. The number of carboxylic acids is 1. The van der Waals surface area contributed by atoms with Crippen molar-refractivity contribution in [3.63, 3.8) is 0 Å². The molecule has 0 aromatic rings. The van der Waals surface area contributed by atoms with Crippen LogP contribution in [0.25, 0.3) is 0 Å². The number of carboxylic acid groups (broad SMARTS) is 1. The summed E-state index contributed by atoms with van der Waals surface area (Å²) < 4.78 is 0. The zero-order valence-corrected chi connectivity index (χ0v) is 9.20. The molecule has 82 valence electrons. The van der Waals surface area contributed by atoms with Gasteiger partial charge in [0, 0.05) is 12.0 Å². The summed E-state index contributed by atoms with van der Waals surface area (Å²) in [5.41, 5.74) is 0. The molecule has 1 amide bonds. The van der Waals surface area contributed by atoms with Crippen LogP contribution in [0.5, 0.6) is 0 Å². The average molecular weight is 201 g/mol. The molecular weight excluding hydrogens is 182 g/mol. The van der Waals surface area contributed by atoms with E-state index < -0.39 is 11.9 Å². The normalized spacial score (nSPS) is 16.9. The molecule has 3 atom stereocenters. The molecule has 4 heteroatoms. The van der Waals surface area contributed by atoms with E-state index in [9.17, 15) is 9.59 Å². The van der Waals surface area contributed by atoms with E-state index in [0.29, 0.717) is 0 Å². The molecule has 0 aromatic carbocycles. The Morgan fingerprint density at radius 1 is 1.29 bits per heavy atom. The third-order valence-electron chi connectivity index (χ3n) is 2.57. The molecule has 0 fully saturated rings. The van der Waals surface area contributed by atoms with Gasteiger partial charge in [0.05, 0.1) is 5.92 Å². The summed E-state index contributed by atoms with van der Waals surface area (Å²) in [6, 6.07) is -0.325. The van der Waals surface area contributed by atoms with Gasteiger partial charge < -0.3 is 10.4 Å². The van der Waals surface area contributed by atoms with E-state index >= 15 is 0 Å². The summed E-state index contributed by atoms with van der Waals surface area (Å²) in [5.74, 6) is -1.57. The predicted octanol–water partition coefficient (Wildman–Crippen LogP) is 1.26. The highest BCUT2D eigenvalue weighted by molar-refractivity contribution is 5.79. The minimum Gasteiger partial charge on any atom is -0.481 e. The van der Waals surface area contributed by atoms with Crippen molar-refractivity contribution in [2.75, 3.05) is 0 Å². The van der Waals surface area contributed by atoms with Crippen molar-refractivity contribution in [3.8, 4) is 0 Å². The Bertz CT molecular complexity index is 215. The van der Waals surface area contributed by atoms with Crippen molar-refractivity contribution in [2.45, 2.75) is 40.2 Å². The van der Waals surface area contributed by atoms with Gasteiger partial charge in [-0.2, -0.15) is 0 Å². The van der Waals surface area contributed by atoms with E-state index in [1.54, 1.807) is 13.8 Å². The number of rotatable bonds is 5. The Kier molecular flexibility index (Phi) is 5.20. The second-order valence-electron chi connectivity index (χ2n) is 3.73. The Morgan fingerprint density at radius 2 is 1.79 bits per heavy atom. The first kappa shape index (κ1) is 12.9. The second kappa shape index (κ2) is 5.62. The Morgan fingerprint density at radius 3 is 2.14 bits per heavy atom. The van der Waals surface area contributed by atoms with Crippen LogP contribution in [0.3, 0.4) is 0 Å². The van der Waals surface area contributed by atoms with Crippen molar-refractivity contribution < 1.29 is 14.7 Å². The molecule has 0 saturated carbocycles. The van der Waals surface area contributed by atoms with Crippen LogP contribution in [0, 0.1) is 11.8 Å². The van der Waals surface area contributed by atoms with Crippen LogP contribution in [-0.2, 0) is 9.59 Å². The third-order valence-corrected chi connectivity index (χ3v) is 2.57. The van der Waals surface area contributed by atoms with Crippen molar-refractivity contribution in [1.82, 2.24) is 5.32 Å². The molecule has 0 radical (unpaired) electrons. The van der Waals surface area contributed by atoms with Gasteiger partial charge in [-0.15, -0.1) is 0 Å². The Labute approximate surface area is 84.7 Å². The minimum absolute atomic E-state index is 0.0570. The summed E-state index contributed by atoms with van der Waals surface area (Å²) in [4.78, 5) is 22.0. The Hall–Kier alpha value is -1.06. The van der Waals surface area contributed by atoms with Crippen molar-refractivity contribution in [2.24, 2.45) is 11.8 Å². The molecule has 0 saturated heterocycles. The van der Waals surface area contributed by atoms with E-state index in [1.807, 2.05) is 13.8 Å². The Balaban J connectivity index is 4.12. The predicted molar refractivity (Wildman–Crippen MR) is 53.9 cm³/mol. The topological polar surface area (TPSA) is 66.4 Å². The summed E-state index contributed by atoms with van der Waals surface area (Å²) in [6.45, 7) is 7.05. The average Bonchev–Trinajstić information content (AvgIpc) is 2.14. The molecule has 3 unspecified atom stereocenters. The van der Waals surface area contributed by atoms with Crippen molar-refractivity contribution in [3.05, 3.63) is 0 Å². The molecule has 2 N–H and O–H groups in total.